The molecule has 0 bridgehead atoms. The zero-order valence-corrected chi connectivity index (χ0v) is 7.98. The first kappa shape index (κ1) is 8.57. The van der Waals surface area contributed by atoms with Crippen LogP contribution in [0.15, 0.2) is 23.1 Å². The summed E-state index contributed by atoms with van der Waals surface area (Å²) in [5.74, 6) is 0. The molecule has 0 radical (unpaired) electrons. The number of rotatable bonds is 0. The first-order valence-electron chi connectivity index (χ1n) is 4.23. The van der Waals surface area contributed by atoms with E-state index in [1.165, 1.54) is 4.68 Å². The summed E-state index contributed by atoms with van der Waals surface area (Å²) in [5.41, 5.74) is 1.65. The fourth-order valence-corrected chi connectivity index (χ4v) is 1.52. The lowest BCUT2D eigenvalue weighted by atomic mass is 10.2. The molecule has 0 saturated heterocycles. The maximum absolute atomic E-state index is 11.6. The molecule has 0 aliphatic heterocycles. The molecule has 0 atom stereocenters. The van der Waals surface area contributed by atoms with E-state index in [0.717, 1.165) is 5.56 Å². The van der Waals surface area contributed by atoms with Crippen molar-refractivity contribution in [3.8, 4) is 6.07 Å². The number of nitrogens with zero attached hydrogens (tertiary/aromatic N) is 3. The minimum atomic E-state index is -0.252. The van der Waals surface area contributed by atoms with Gasteiger partial charge in [-0.2, -0.15) is 5.26 Å². The molecule has 2 aromatic heterocycles. The highest BCUT2D eigenvalue weighted by atomic mass is 16.1. The van der Waals surface area contributed by atoms with E-state index in [9.17, 15) is 4.79 Å². The first-order chi connectivity index (χ1) is 6.65. The van der Waals surface area contributed by atoms with Crippen molar-refractivity contribution in [2.24, 2.45) is 7.05 Å². The van der Waals surface area contributed by atoms with E-state index in [1.54, 1.807) is 17.8 Å². The van der Waals surface area contributed by atoms with Gasteiger partial charge in [-0.1, -0.05) is 0 Å². The molecule has 2 aromatic rings. The molecule has 70 valence electrons. The van der Waals surface area contributed by atoms with Gasteiger partial charge in [-0.05, 0) is 24.6 Å². The van der Waals surface area contributed by atoms with E-state index < -0.39 is 0 Å². The average molecular weight is 187 g/mol. The van der Waals surface area contributed by atoms with Crippen molar-refractivity contribution in [2.75, 3.05) is 0 Å². The van der Waals surface area contributed by atoms with Crippen molar-refractivity contribution in [2.45, 2.75) is 6.92 Å². The van der Waals surface area contributed by atoms with Crippen LogP contribution in [0.1, 0.15) is 11.1 Å². The summed E-state index contributed by atoms with van der Waals surface area (Å²) in [6, 6.07) is 5.66. The topological polar surface area (TPSA) is 50.2 Å². The number of pyridine rings is 1. The quantitative estimate of drug-likeness (QED) is 0.613. The Morgan fingerprint density at radius 2 is 2.21 bits per heavy atom. The zero-order valence-electron chi connectivity index (χ0n) is 7.98. The van der Waals surface area contributed by atoms with E-state index in [1.807, 2.05) is 25.1 Å². The van der Waals surface area contributed by atoms with Gasteiger partial charge in [-0.15, -0.1) is 0 Å². The summed E-state index contributed by atoms with van der Waals surface area (Å²) in [6.07, 6.45) is 1.78. The molecule has 0 aliphatic rings. The first-order valence-corrected chi connectivity index (χ1v) is 4.23. The number of aryl methyl sites for hydroxylation is 2. The van der Waals surface area contributed by atoms with Gasteiger partial charge in [0, 0.05) is 13.2 Å². The number of aromatic nitrogens is 2. The van der Waals surface area contributed by atoms with Crippen LogP contribution in [0.3, 0.4) is 0 Å². The smallest absolute Gasteiger partial charge is 0.266 e. The normalized spacial score (nSPS) is 10.4. The number of hydrogen-bond acceptors (Lipinski definition) is 2. The molecule has 0 aromatic carbocycles. The van der Waals surface area contributed by atoms with Crippen LogP contribution in [0.2, 0.25) is 0 Å². The highest BCUT2D eigenvalue weighted by Crippen LogP contribution is 2.08. The van der Waals surface area contributed by atoms with Crippen LogP contribution >= 0.6 is 0 Å². The van der Waals surface area contributed by atoms with Gasteiger partial charge >= 0.3 is 0 Å². The predicted octanol–water partition coefficient (Wildman–Crippen LogP) is 0.818. The van der Waals surface area contributed by atoms with E-state index >= 15 is 0 Å². The highest BCUT2D eigenvalue weighted by molar-refractivity contribution is 5.60. The average Bonchev–Trinajstić information content (AvgIpc) is 2.39. The molecule has 0 fully saturated rings. The largest absolute Gasteiger partial charge is 0.285 e. The van der Waals surface area contributed by atoms with Gasteiger partial charge in [0.15, 0.2) is 0 Å². The maximum Gasteiger partial charge on any atom is 0.285 e. The number of nitriles is 1. The monoisotopic (exact) mass is 187 g/mol. The second kappa shape index (κ2) is 2.74. The van der Waals surface area contributed by atoms with E-state index in [-0.39, 0.29) is 11.1 Å². The Balaban J connectivity index is 3.06. The molecule has 2 rings (SSSR count). The third kappa shape index (κ3) is 0.958. The van der Waals surface area contributed by atoms with Gasteiger partial charge in [-0.25, -0.2) is 4.68 Å². The fourth-order valence-electron chi connectivity index (χ4n) is 1.52. The van der Waals surface area contributed by atoms with E-state index in [2.05, 4.69) is 0 Å². The molecule has 0 N–H and O–H groups in total. The molecule has 0 unspecified atom stereocenters. The lowest BCUT2D eigenvalue weighted by Gasteiger charge is -1.99. The molecular formula is C10H9N3O. The van der Waals surface area contributed by atoms with Crippen molar-refractivity contribution in [3.05, 3.63) is 39.8 Å². The summed E-state index contributed by atoms with van der Waals surface area (Å²) in [7, 11) is 1.64. The lowest BCUT2D eigenvalue weighted by molar-refractivity contribution is 0.680. The summed E-state index contributed by atoms with van der Waals surface area (Å²) in [5, 5.41) is 8.84. The molecule has 0 amide bonds. The summed E-state index contributed by atoms with van der Waals surface area (Å²) >= 11 is 0. The molecule has 0 spiro atoms. The Hall–Kier alpha value is -2.02. The van der Waals surface area contributed by atoms with Gasteiger partial charge in [0.2, 0.25) is 0 Å². The standard InChI is InChI=1S/C10H9N3O/c1-7-3-4-13-9(5-7)8(6-11)10(14)12(13)2/h3-5H,1-2H3. The van der Waals surface area contributed by atoms with Crippen LogP contribution in [0.4, 0.5) is 0 Å². The molecule has 2 heterocycles. The Labute approximate surface area is 80.6 Å². The molecule has 0 aliphatic carbocycles. The molecule has 4 nitrogen and oxygen atoms in total. The second-order valence-electron chi connectivity index (χ2n) is 3.25. The minimum absolute atomic E-state index is 0.205. The molecule has 0 saturated carbocycles. The highest BCUT2D eigenvalue weighted by Gasteiger charge is 2.10. The second-order valence-corrected chi connectivity index (χ2v) is 3.25. The fraction of sp³-hybridized carbons (Fsp3) is 0.200. The number of fused-ring (bicyclic) bond motifs is 1. The van der Waals surface area contributed by atoms with Crippen molar-refractivity contribution in [3.63, 3.8) is 0 Å². The SMILES string of the molecule is Cc1ccn2c(c1)c(C#N)c(=O)n2C. The Bertz CT molecular complexity index is 598. The van der Waals surface area contributed by atoms with E-state index in [0.29, 0.717) is 5.52 Å². The van der Waals surface area contributed by atoms with Crippen molar-refractivity contribution >= 4 is 5.52 Å². The Morgan fingerprint density at radius 1 is 1.50 bits per heavy atom. The predicted molar refractivity (Wildman–Crippen MR) is 52.1 cm³/mol. The number of hydrogen-bond donors (Lipinski definition) is 0. The van der Waals surface area contributed by atoms with E-state index in [4.69, 9.17) is 5.26 Å². The third-order valence-corrected chi connectivity index (χ3v) is 2.29. The Morgan fingerprint density at radius 3 is 2.86 bits per heavy atom. The van der Waals surface area contributed by atoms with Crippen LogP contribution in [0.5, 0.6) is 0 Å². The van der Waals surface area contributed by atoms with Crippen LogP contribution in [-0.2, 0) is 7.05 Å². The van der Waals surface area contributed by atoms with Crippen LogP contribution in [0, 0.1) is 18.3 Å². The summed E-state index contributed by atoms with van der Waals surface area (Å²) in [4.78, 5) is 11.6. The van der Waals surface area contributed by atoms with Gasteiger partial charge in [0.05, 0.1) is 5.52 Å². The molecular weight excluding hydrogens is 178 g/mol. The Kier molecular flexibility index (Phi) is 1.68. The van der Waals surface area contributed by atoms with Crippen molar-refractivity contribution < 1.29 is 0 Å². The van der Waals surface area contributed by atoms with Crippen LogP contribution < -0.4 is 5.56 Å². The van der Waals surface area contributed by atoms with Crippen LogP contribution in [0.25, 0.3) is 5.52 Å². The summed E-state index contributed by atoms with van der Waals surface area (Å²) < 4.78 is 3.10. The van der Waals surface area contributed by atoms with Gasteiger partial charge < -0.3 is 0 Å². The maximum atomic E-state index is 11.6. The molecule has 4 heteroatoms. The lowest BCUT2D eigenvalue weighted by Crippen LogP contribution is -2.16. The van der Waals surface area contributed by atoms with Crippen molar-refractivity contribution in [1.29, 1.82) is 5.26 Å². The minimum Gasteiger partial charge on any atom is -0.266 e. The third-order valence-electron chi connectivity index (χ3n) is 2.29. The van der Waals surface area contributed by atoms with Gasteiger partial charge in [-0.3, -0.25) is 9.31 Å². The molecule has 14 heavy (non-hydrogen) atoms. The van der Waals surface area contributed by atoms with Gasteiger partial charge in [0.1, 0.15) is 11.6 Å². The van der Waals surface area contributed by atoms with Crippen molar-refractivity contribution in [1.82, 2.24) is 9.20 Å². The zero-order chi connectivity index (χ0) is 10.3. The van der Waals surface area contributed by atoms with Crippen LogP contribution in [-0.4, -0.2) is 9.20 Å². The van der Waals surface area contributed by atoms with Gasteiger partial charge in [0.25, 0.3) is 5.56 Å². The summed E-state index contributed by atoms with van der Waals surface area (Å²) in [6.45, 7) is 1.93.